The SMILES string of the molecule is CC(C(O)CO)S(=O)(=O)[O-].[Na+]. The van der Waals surface area contributed by atoms with E-state index < -0.39 is 28.1 Å². The predicted molar refractivity (Wildman–Crippen MR) is 32.3 cm³/mol. The van der Waals surface area contributed by atoms with Crippen LogP contribution in [0.2, 0.25) is 0 Å². The van der Waals surface area contributed by atoms with E-state index in [1.54, 1.807) is 0 Å². The first-order valence-electron chi connectivity index (χ1n) is 2.63. The summed E-state index contributed by atoms with van der Waals surface area (Å²) in [7, 11) is -4.47. The molecule has 0 bridgehead atoms. The first kappa shape index (κ1) is 14.4. The van der Waals surface area contributed by atoms with Gasteiger partial charge in [0, 0.05) is 0 Å². The third-order valence-electron chi connectivity index (χ3n) is 1.18. The van der Waals surface area contributed by atoms with Crippen molar-refractivity contribution < 1.29 is 52.7 Å². The summed E-state index contributed by atoms with van der Waals surface area (Å²) in [5.74, 6) is 0. The largest absolute Gasteiger partial charge is 1.00 e. The van der Waals surface area contributed by atoms with Crippen molar-refractivity contribution >= 4 is 10.1 Å². The summed E-state index contributed by atoms with van der Waals surface area (Å²) < 4.78 is 30.3. The van der Waals surface area contributed by atoms with Gasteiger partial charge in [0.15, 0.2) is 0 Å². The quantitative estimate of drug-likeness (QED) is 0.346. The number of hydrogen-bond donors (Lipinski definition) is 2. The van der Waals surface area contributed by atoms with E-state index in [1.165, 1.54) is 0 Å². The van der Waals surface area contributed by atoms with Crippen molar-refractivity contribution in [3.63, 3.8) is 0 Å². The summed E-state index contributed by atoms with van der Waals surface area (Å²) in [6.45, 7) is 0.325. The Morgan fingerprint density at radius 2 is 1.91 bits per heavy atom. The van der Waals surface area contributed by atoms with Crippen molar-refractivity contribution in [1.29, 1.82) is 0 Å². The van der Waals surface area contributed by atoms with Crippen LogP contribution in [0.15, 0.2) is 0 Å². The van der Waals surface area contributed by atoms with E-state index in [1.807, 2.05) is 0 Å². The monoisotopic (exact) mass is 192 g/mol. The maximum atomic E-state index is 10.1. The molecule has 7 heteroatoms. The molecule has 0 aromatic carbocycles. The molecule has 0 heterocycles. The molecule has 0 aliphatic rings. The number of aliphatic hydroxyl groups excluding tert-OH is 2. The van der Waals surface area contributed by atoms with Crippen LogP contribution in [0, 0.1) is 0 Å². The Bertz CT molecular complexity index is 189. The van der Waals surface area contributed by atoms with E-state index >= 15 is 0 Å². The van der Waals surface area contributed by atoms with E-state index in [4.69, 9.17) is 10.2 Å². The molecule has 2 unspecified atom stereocenters. The van der Waals surface area contributed by atoms with Gasteiger partial charge in [-0.3, -0.25) is 0 Å². The molecule has 0 aliphatic carbocycles. The zero-order valence-corrected chi connectivity index (χ0v) is 9.21. The Kier molecular flexibility index (Phi) is 7.14. The minimum absolute atomic E-state index is 0. The van der Waals surface area contributed by atoms with Crippen molar-refractivity contribution in [3.8, 4) is 0 Å². The van der Waals surface area contributed by atoms with E-state index in [2.05, 4.69) is 0 Å². The van der Waals surface area contributed by atoms with Crippen LogP contribution in [0.1, 0.15) is 6.92 Å². The summed E-state index contributed by atoms with van der Waals surface area (Å²) in [5, 5.41) is 15.4. The summed E-state index contributed by atoms with van der Waals surface area (Å²) in [4.78, 5) is 0. The van der Waals surface area contributed by atoms with Crippen LogP contribution in [0.4, 0.5) is 0 Å². The van der Waals surface area contributed by atoms with Crippen LogP contribution in [-0.4, -0.2) is 41.1 Å². The molecule has 0 aliphatic heterocycles. The van der Waals surface area contributed by atoms with Crippen molar-refractivity contribution in [1.82, 2.24) is 0 Å². The van der Waals surface area contributed by atoms with Gasteiger partial charge in [-0.1, -0.05) is 0 Å². The maximum absolute atomic E-state index is 10.1. The Balaban J connectivity index is 0. The van der Waals surface area contributed by atoms with Crippen LogP contribution < -0.4 is 29.6 Å². The fraction of sp³-hybridized carbons (Fsp3) is 1.00. The summed E-state index contributed by atoms with van der Waals surface area (Å²) >= 11 is 0. The van der Waals surface area contributed by atoms with Crippen LogP contribution >= 0.6 is 0 Å². The van der Waals surface area contributed by atoms with E-state index in [0.717, 1.165) is 6.92 Å². The molecule has 0 aromatic heterocycles. The second-order valence-corrected chi connectivity index (χ2v) is 3.68. The normalized spacial score (nSPS) is 16.7. The van der Waals surface area contributed by atoms with Crippen molar-refractivity contribution in [2.24, 2.45) is 0 Å². The van der Waals surface area contributed by atoms with Gasteiger partial charge in [0.05, 0.1) is 28.1 Å². The van der Waals surface area contributed by atoms with Gasteiger partial charge in [-0.05, 0) is 6.92 Å². The second-order valence-electron chi connectivity index (χ2n) is 1.95. The third-order valence-corrected chi connectivity index (χ3v) is 2.41. The zero-order chi connectivity index (χ0) is 8.36. The van der Waals surface area contributed by atoms with E-state index in [0.29, 0.717) is 0 Å². The van der Waals surface area contributed by atoms with Crippen LogP contribution in [0.3, 0.4) is 0 Å². The molecule has 0 aromatic rings. The van der Waals surface area contributed by atoms with Crippen LogP contribution in [0.5, 0.6) is 0 Å². The Labute approximate surface area is 87.5 Å². The topological polar surface area (TPSA) is 97.7 Å². The number of rotatable bonds is 3. The Hall–Kier alpha value is 0.830. The molecular weight excluding hydrogens is 183 g/mol. The Morgan fingerprint density at radius 3 is 2.00 bits per heavy atom. The van der Waals surface area contributed by atoms with Gasteiger partial charge in [0.25, 0.3) is 0 Å². The fourth-order valence-corrected chi connectivity index (χ4v) is 0.812. The zero-order valence-electron chi connectivity index (χ0n) is 6.39. The summed E-state index contributed by atoms with van der Waals surface area (Å²) in [5.41, 5.74) is 0. The fourth-order valence-electron chi connectivity index (χ4n) is 0.341. The first-order valence-corrected chi connectivity index (χ1v) is 4.10. The summed E-state index contributed by atoms with van der Waals surface area (Å²) in [6, 6.07) is 0. The molecule has 62 valence electrons. The summed E-state index contributed by atoms with van der Waals surface area (Å²) in [6.07, 6.45) is -1.48. The molecule has 0 saturated heterocycles. The molecular formula is C4H9NaO5S. The molecule has 0 amide bonds. The van der Waals surface area contributed by atoms with Gasteiger partial charge in [-0.15, -0.1) is 0 Å². The molecule has 2 N–H and O–H groups in total. The van der Waals surface area contributed by atoms with Gasteiger partial charge >= 0.3 is 29.6 Å². The van der Waals surface area contributed by atoms with Crippen molar-refractivity contribution in [2.45, 2.75) is 18.3 Å². The molecule has 2 atom stereocenters. The van der Waals surface area contributed by atoms with Gasteiger partial charge in [-0.2, -0.15) is 0 Å². The minimum atomic E-state index is -4.47. The first-order chi connectivity index (χ1) is 4.39. The van der Waals surface area contributed by atoms with Crippen LogP contribution in [-0.2, 0) is 10.1 Å². The smallest absolute Gasteiger partial charge is 0.748 e. The second kappa shape index (κ2) is 5.47. The van der Waals surface area contributed by atoms with Crippen molar-refractivity contribution in [2.75, 3.05) is 6.61 Å². The van der Waals surface area contributed by atoms with E-state index in [9.17, 15) is 13.0 Å². The van der Waals surface area contributed by atoms with Gasteiger partial charge < -0.3 is 14.8 Å². The predicted octanol–water partition coefficient (Wildman–Crippen LogP) is -4.72. The molecule has 5 nitrogen and oxygen atoms in total. The molecule has 0 fully saturated rings. The van der Waals surface area contributed by atoms with E-state index in [-0.39, 0.29) is 29.6 Å². The Morgan fingerprint density at radius 1 is 1.55 bits per heavy atom. The average molecular weight is 192 g/mol. The minimum Gasteiger partial charge on any atom is -0.748 e. The van der Waals surface area contributed by atoms with Crippen LogP contribution in [0.25, 0.3) is 0 Å². The molecule has 0 rings (SSSR count). The third kappa shape index (κ3) is 5.13. The molecule has 0 radical (unpaired) electrons. The van der Waals surface area contributed by atoms with Gasteiger partial charge in [0.2, 0.25) is 0 Å². The van der Waals surface area contributed by atoms with Crippen molar-refractivity contribution in [3.05, 3.63) is 0 Å². The maximum Gasteiger partial charge on any atom is 1.00 e. The molecule has 0 spiro atoms. The standard InChI is InChI=1S/C4H10O5S.Na/c1-3(4(6)2-5)10(7,8)9;/h3-6H,2H2,1H3,(H,7,8,9);/q;+1/p-1. The number of aliphatic hydroxyl groups is 2. The molecule has 11 heavy (non-hydrogen) atoms. The van der Waals surface area contributed by atoms with Gasteiger partial charge in [0.1, 0.15) is 0 Å². The average Bonchev–Trinajstić information content (AvgIpc) is 1.83. The van der Waals surface area contributed by atoms with Gasteiger partial charge in [-0.25, -0.2) is 8.42 Å². The molecule has 0 saturated carbocycles. The number of hydrogen-bond acceptors (Lipinski definition) is 5.